The van der Waals surface area contributed by atoms with Crippen LogP contribution in [0.1, 0.15) is 19.6 Å². The number of nitrogen functional groups attached to an aromatic ring is 1. The van der Waals surface area contributed by atoms with Gasteiger partial charge >= 0.3 is 21.1 Å². The number of ether oxygens (including phenoxy) is 1. The Balaban J connectivity index is 2.18. The first-order valence-electron chi connectivity index (χ1n) is 7.51. The maximum atomic E-state index is 12.0. The van der Waals surface area contributed by atoms with Gasteiger partial charge in [0.15, 0.2) is 6.23 Å². The monoisotopic (exact) mass is 369 g/mol. The summed E-state index contributed by atoms with van der Waals surface area (Å²) in [4.78, 5) is 15.6. The topological polar surface area (TPSA) is 142 Å². The Kier molecular flexibility index (Phi) is 6.90. The van der Waals surface area contributed by atoms with Crippen LogP contribution in [-0.4, -0.2) is 54.3 Å². The van der Waals surface area contributed by atoms with Gasteiger partial charge in [-0.3, -0.25) is 4.57 Å². The molecule has 1 aliphatic rings. The molecule has 4 atom stereocenters. The summed E-state index contributed by atoms with van der Waals surface area (Å²) in [7, 11) is 2.75. The molecule has 3 N–H and O–H groups in total. The van der Waals surface area contributed by atoms with Gasteiger partial charge in [-0.15, -0.1) is 0 Å². The molecule has 0 aliphatic carbocycles. The van der Waals surface area contributed by atoms with Gasteiger partial charge in [-0.1, -0.05) is 0 Å². The lowest BCUT2D eigenvalue weighted by Crippen LogP contribution is -2.39. The highest BCUT2D eigenvalue weighted by atomic mass is 31.2. The summed E-state index contributed by atoms with van der Waals surface area (Å²) in [6, 6.07) is 3.33. The highest BCUT2D eigenvalue weighted by Gasteiger charge is 2.43. The van der Waals surface area contributed by atoms with Crippen molar-refractivity contribution in [1.82, 2.24) is 9.55 Å². The Morgan fingerprint density at radius 1 is 1.60 bits per heavy atom. The predicted molar refractivity (Wildman–Crippen MR) is 89.3 cm³/mol. The van der Waals surface area contributed by atoms with Crippen molar-refractivity contribution in [3.8, 4) is 6.07 Å². The average molecular weight is 369 g/mol. The number of rotatable bonds is 4. The van der Waals surface area contributed by atoms with Crippen molar-refractivity contribution in [3.63, 3.8) is 0 Å². The first kappa shape index (κ1) is 19.8. The summed E-state index contributed by atoms with van der Waals surface area (Å²) < 4.78 is 23.0. The molecule has 10 nitrogen and oxygen atoms in total. The molecule has 0 aromatic carbocycles. The lowest BCUT2D eigenvalue weighted by Gasteiger charge is -2.25. The minimum atomic E-state index is -3.22. The van der Waals surface area contributed by atoms with E-state index in [1.165, 1.54) is 12.3 Å². The number of aliphatic hydroxyl groups excluding tert-OH is 1. The summed E-state index contributed by atoms with van der Waals surface area (Å²) in [5.41, 5.74) is 4.80. The van der Waals surface area contributed by atoms with E-state index in [1.54, 1.807) is 6.92 Å². The first-order chi connectivity index (χ1) is 11.8. The van der Waals surface area contributed by atoms with Crippen molar-refractivity contribution in [3.05, 3.63) is 22.7 Å². The minimum Gasteiger partial charge on any atom is -0.386 e. The molecule has 1 aromatic heterocycles. The highest BCUT2D eigenvalue weighted by molar-refractivity contribution is 7.85. The lowest BCUT2D eigenvalue weighted by molar-refractivity contribution is -0.124. The third-order valence-corrected chi connectivity index (χ3v) is 4.79. The van der Waals surface area contributed by atoms with Crippen LogP contribution in [0.5, 0.6) is 0 Å². The number of hydrogen-bond acceptors (Lipinski definition) is 9. The number of aliphatic hydroxyl groups is 1. The molecule has 0 bridgehead atoms. The van der Waals surface area contributed by atoms with E-state index in [0.717, 1.165) is 4.57 Å². The molecule has 12 heteroatoms. The minimum absolute atomic E-state index is 0.0111. The number of anilines is 1. The highest BCUT2D eigenvalue weighted by Crippen LogP contribution is 2.58. The van der Waals surface area contributed by atoms with Crippen LogP contribution in [0.3, 0.4) is 0 Å². The van der Waals surface area contributed by atoms with Gasteiger partial charge < -0.3 is 15.6 Å². The van der Waals surface area contributed by atoms with Crippen LogP contribution in [0.15, 0.2) is 17.1 Å². The van der Waals surface area contributed by atoms with Gasteiger partial charge in [0.2, 0.25) is 0 Å². The zero-order valence-corrected chi connectivity index (χ0v) is 14.5. The van der Waals surface area contributed by atoms with E-state index in [0.29, 0.717) is 0 Å². The molecule has 1 unspecified atom stereocenters. The average Bonchev–Trinajstić information content (AvgIpc) is 2.61. The molecule has 0 saturated carbocycles. The lowest BCUT2D eigenvalue weighted by atomic mass is 10.3. The summed E-state index contributed by atoms with van der Waals surface area (Å²) in [6.07, 6.45) is -1.35. The SMILES string of the molecule is [B][P+]1(OCCC#N)OC[C@H](C)O[C@@H](n2ccc(N)nc2=O)[C@@H](O)CO1. The van der Waals surface area contributed by atoms with Gasteiger partial charge in [0, 0.05) is 6.20 Å². The van der Waals surface area contributed by atoms with Gasteiger partial charge in [0.05, 0.1) is 18.6 Å². The molecular weight excluding hydrogens is 350 g/mol. The summed E-state index contributed by atoms with van der Waals surface area (Å²) in [5, 5.41) is 19.0. The van der Waals surface area contributed by atoms with E-state index in [9.17, 15) is 9.90 Å². The molecule has 1 saturated heterocycles. The summed E-state index contributed by atoms with van der Waals surface area (Å²) in [5.74, 6) is 0.0595. The Labute approximate surface area is 146 Å². The normalized spacial score (nSPS) is 30.7. The third-order valence-electron chi connectivity index (χ3n) is 3.23. The van der Waals surface area contributed by atoms with Crippen molar-refractivity contribution in [1.29, 1.82) is 5.26 Å². The van der Waals surface area contributed by atoms with E-state index in [-0.39, 0.29) is 32.1 Å². The fourth-order valence-electron chi connectivity index (χ4n) is 2.04. The molecule has 1 aliphatic heterocycles. The molecule has 0 spiro atoms. The Morgan fingerprint density at radius 3 is 3.00 bits per heavy atom. The van der Waals surface area contributed by atoms with Crippen LogP contribution < -0.4 is 11.4 Å². The molecule has 2 rings (SSSR count). The second-order valence-electron chi connectivity index (χ2n) is 5.32. The van der Waals surface area contributed by atoms with E-state index in [1.807, 2.05) is 6.07 Å². The smallest absolute Gasteiger partial charge is 0.386 e. The van der Waals surface area contributed by atoms with Crippen LogP contribution >= 0.6 is 7.82 Å². The van der Waals surface area contributed by atoms with Gasteiger partial charge in [0.25, 0.3) is 0 Å². The van der Waals surface area contributed by atoms with Gasteiger partial charge in [0.1, 0.15) is 31.7 Å². The molecule has 2 radical (unpaired) electrons. The standard InChI is InChI=1S/C13H19BN4O6P/c1-9-7-22-25(14,21-6-2-4-15)23-8-10(19)12(24-9)18-5-3-11(16)17-13(18)20/h3,5,9-10,12,19H,2,6-8H2,1H3,(H2,16,17,20)/q+1/t9-,10-,12+,25?/m0/s1. The van der Waals surface area contributed by atoms with Crippen molar-refractivity contribution < 1.29 is 23.4 Å². The molecule has 1 fully saturated rings. The number of aromatic nitrogens is 2. The van der Waals surface area contributed by atoms with Crippen molar-refractivity contribution in [2.75, 3.05) is 25.6 Å². The van der Waals surface area contributed by atoms with Crippen molar-refractivity contribution in [2.24, 2.45) is 0 Å². The number of nitriles is 1. The number of nitrogens with two attached hydrogens (primary N) is 1. The third kappa shape index (κ3) is 5.47. The van der Waals surface area contributed by atoms with E-state index < -0.39 is 31.9 Å². The molecule has 0 amide bonds. The van der Waals surface area contributed by atoms with Gasteiger partial charge in [-0.05, 0) is 13.0 Å². The number of nitrogens with zero attached hydrogens (tertiary/aromatic N) is 3. The Hall–Kier alpha value is -1.54. The molecule has 1 aromatic rings. The van der Waals surface area contributed by atoms with Crippen LogP contribution in [-0.2, 0) is 18.3 Å². The van der Waals surface area contributed by atoms with E-state index in [2.05, 4.69) is 4.98 Å². The Bertz CT molecular complexity index is 685. The molecule has 134 valence electrons. The molecule has 25 heavy (non-hydrogen) atoms. The number of hydrogen-bond donors (Lipinski definition) is 2. The quantitative estimate of drug-likeness (QED) is 0.423. The zero-order chi connectivity index (χ0) is 18.4. The fourth-order valence-corrected chi connectivity index (χ4v) is 3.39. The van der Waals surface area contributed by atoms with Crippen LogP contribution in [0, 0.1) is 11.3 Å². The predicted octanol–water partition coefficient (Wildman–Crippen LogP) is -0.0867. The largest absolute Gasteiger partial charge is 0.488 e. The van der Waals surface area contributed by atoms with Crippen LogP contribution in [0.2, 0.25) is 0 Å². The maximum absolute atomic E-state index is 12.0. The second kappa shape index (κ2) is 8.71. The first-order valence-corrected chi connectivity index (χ1v) is 9.12. The molecular formula is C13H19BN4O6P+. The van der Waals surface area contributed by atoms with E-state index >= 15 is 0 Å². The Morgan fingerprint density at radius 2 is 2.32 bits per heavy atom. The summed E-state index contributed by atoms with van der Waals surface area (Å²) in [6.45, 7) is 1.43. The van der Waals surface area contributed by atoms with Gasteiger partial charge in [-0.2, -0.15) is 23.8 Å². The molecule has 2 heterocycles. The fraction of sp³-hybridized carbons (Fsp3) is 0.615. The summed E-state index contributed by atoms with van der Waals surface area (Å²) >= 11 is 0. The zero-order valence-electron chi connectivity index (χ0n) is 13.6. The second-order valence-corrected chi connectivity index (χ2v) is 7.17. The van der Waals surface area contributed by atoms with Crippen molar-refractivity contribution >= 4 is 21.2 Å². The van der Waals surface area contributed by atoms with E-state index in [4.69, 9.17) is 36.9 Å². The van der Waals surface area contributed by atoms with Gasteiger partial charge in [-0.25, -0.2) is 4.79 Å². The van der Waals surface area contributed by atoms with Crippen molar-refractivity contribution in [2.45, 2.75) is 31.8 Å². The van der Waals surface area contributed by atoms with Crippen LogP contribution in [0.25, 0.3) is 0 Å². The van der Waals surface area contributed by atoms with Crippen LogP contribution in [0.4, 0.5) is 5.82 Å². The maximum Gasteiger partial charge on any atom is 0.488 e.